The maximum absolute atomic E-state index is 13.4. The van der Waals surface area contributed by atoms with Crippen molar-refractivity contribution in [2.24, 2.45) is 0 Å². The zero-order valence-electron chi connectivity index (χ0n) is 22.5. The van der Waals surface area contributed by atoms with E-state index in [2.05, 4.69) is 34.5 Å². The third kappa shape index (κ3) is 5.75. The second kappa shape index (κ2) is 11.5. The molecule has 2 heterocycles. The second-order valence-corrected chi connectivity index (χ2v) is 9.72. The summed E-state index contributed by atoms with van der Waals surface area (Å²) in [5.41, 5.74) is 5.76. The molecule has 0 aliphatic carbocycles. The number of ether oxygens (including phenoxy) is 2. The number of aromatic nitrogens is 3. The van der Waals surface area contributed by atoms with Crippen molar-refractivity contribution in [2.75, 3.05) is 6.61 Å². The van der Waals surface area contributed by atoms with E-state index >= 15 is 0 Å². The first-order valence-corrected chi connectivity index (χ1v) is 13.4. The van der Waals surface area contributed by atoms with Crippen molar-refractivity contribution in [3.8, 4) is 28.1 Å². The molecule has 0 bridgehead atoms. The fraction of sp³-hybridized carbons (Fsp3) is 0.118. The molecule has 0 radical (unpaired) electrons. The standard InChI is InChI=1S/C34H28FN3O3/c1-2-40-34(39)33-18-32(36-37-33)31-21-38(19-23-10-14-27(35)15-11-23)20-30(31)25-12-16-28(17-13-25)41-22-26-8-5-7-24-6-3-4-9-29(24)26/h3-18,20-21H,2,19,22H2,1H3,(H,36,37). The molecule has 0 saturated heterocycles. The van der Waals surface area contributed by atoms with Crippen LogP contribution in [0.15, 0.2) is 109 Å². The topological polar surface area (TPSA) is 69.1 Å². The summed E-state index contributed by atoms with van der Waals surface area (Å²) in [6, 6.07) is 30.6. The van der Waals surface area contributed by atoms with Gasteiger partial charge in [-0.2, -0.15) is 5.10 Å². The van der Waals surface area contributed by atoms with Crippen LogP contribution in [-0.4, -0.2) is 27.3 Å². The summed E-state index contributed by atoms with van der Waals surface area (Å²) in [7, 11) is 0. The summed E-state index contributed by atoms with van der Waals surface area (Å²) in [5.74, 6) is 0.0398. The average Bonchev–Trinajstić information content (AvgIpc) is 3.66. The number of halogens is 1. The number of fused-ring (bicyclic) bond motifs is 1. The van der Waals surface area contributed by atoms with Gasteiger partial charge in [-0.05, 0) is 64.7 Å². The Morgan fingerprint density at radius 3 is 2.46 bits per heavy atom. The van der Waals surface area contributed by atoms with E-state index in [9.17, 15) is 9.18 Å². The maximum atomic E-state index is 13.4. The lowest BCUT2D eigenvalue weighted by Crippen LogP contribution is -2.04. The summed E-state index contributed by atoms with van der Waals surface area (Å²) in [6.07, 6.45) is 4.01. The van der Waals surface area contributed by atoms with Gasteiger partial charge in [0.05, 0.1) is 12.3 Å². The van der Waals surface area contributed by atoms with Gasteiger partial charge in [-0.15, -0.1) is 0 Å². The molecule has 6 aromatic rings. The molecule has 0 aliphatic heterocycles. The van der Waals surface area contributed by atoms with Crippen LogP contribution in [0.4, 0.5) is 4.39 Å². The first-order valence-electron chi connectivity index (χ1n) is 13.4. The number of nitrogens with one attached hydrogen (secondary N) is 1. The number of benzene rings is 4. The molecule has 0 spiro atoms. The Morgan fingerprint density at radius 2 is 1.66 bits per heavy atom. The number of nitrogens with zero attached hydrogens (tertiary/aromatic N) is 2. The van der Waals surface area contributed by atoms with Gasteiger partial charge in [-0.1, -0.05) is 66.7 Å². The molecule has 204 valence electrons. The second-order valence-electron chi connectivity index (χ2n) is 9.72. The lowest BCUT2D eigenvalue weighted by molar-refractivity contribution is 0.0519. The molecular formula is C34H28FN3O3. The van der Waals surface area contributed by atoms with Crippen LogP contribution in [0.1, 0.15) is 28.5 Å². The van der Waals surface area contributed by atoms with Crippen LogP contribution in [0.5, 0.6) is 5.75 Å². The number of hydrogen-bond donors (Lipinski definition) is 1. The van der Waals surface area contributed by atoms with Crippen molar-refractivity contribution in [3.63, 3.8) is 0 Å². The molecule has 0 aliphatic rings. The number of H-pyrrole nitrogens is 1. The van der Waals surface area contributed by atoms with Crippen LogP contribution >= 0.6 is 0 Å². The van der Waals surface area contributed by atoms with Gasteiger partial charge in [0.15, 0.2) is 0 Å². The van der Waals surface area contributed by atoms with Gasteiger partial charge in [0.2, 0.25) is 0 Å². The monoisotopic (exact) mass is 545 g/mol. The van der Waals surface area contributed by atoms with Gasteiger partial charge in [-0.3, -0.25) is 5.10 Å². The summed E-state index contributed by atoms with van der Waals surface area (Å²) in [4.78, 5) is 12.2. The van der Waals surface area contributed by atoms with Gasteiger partial charge in [0.25, 0.3) is 0 Å². The van der Waals surface area contributed by atoms with Crippen molar-refractivity contribution in [2.45, 2.75) is 20.1 Å². The minimum atomic E-state index is -0.453. The highest BCUT2D eigenvalue weighted by Gasteiger charge is 2.17. The smallest absolute Gasteiger partial charge is 0.356 e. The average molecular weight is 546 g/mol. The molecule has 41 heavy (non-hydrogen) atoms. The third-order valence-electron chi connectivity index (χ3n) is 6.95. The normalized spacial score (nSPS) is 11.1. The quantitative estimate of drug-likeness (QED) is 0.190. The molecule has 1 N–H and O–H groups in total. The van der Waals surface area contributed by atoms with Crippen molar-refractivity contribution in [3.05, 3.63) is 132 Å². The highest BCUT2D eigenvalue weighted by atomic mass is 19.1. The SMILES string of the molecule is CCOC(=O)c1cc(-c2cn(Cc3ccc(F)cc3)cc2-c2ccc(OCc3cccc4ccccc34)cc2)n[nH]1. The van der Waals surface area contributed by atoms with E-state index in [0.29, 0.717) is 18.8 Å². The number of hydrogen-bond acceptors (Lipinski definition) is 4. The van der Waals surface area contributed by atoms with Gasteiger partial charge in [-0.25, -0.2) is 9.18 Å². The van der Waals surface area contributed by atoms with Crippen LogP contribution in [0.3, 0.4) is 0 Å². The largest absolute Gasteiger partial charge is 0.489 e. The molecule has 0 unspecified atom stereocenters. The zero-order valence-corrected chi connectivity index (χ0v) is 22.5. The minimum absolute atomic E-state index is 0.270. The molecule has 0 amide bonds. The fourth-order valence-electron chi connectivity index (χ4n) is 4.92. The Kier molecular flexibility index (Phi) is 7.32. The summed E-state index contributed by atoms with van der Waals surface area (Å²) >= 11 is 0. The predicted octanol–water partition coefficient (Wildman–Crippen LogP) is 7.64. The highest BCUT2D eigenvalue weighted by Crippen LogP contribution is 2.34. The molecular weight excluding hydrogens is 517 g/mol. The molecule has 4 aromatic carbocycles. The maximum Gasteiger partial charge on any atom is 0.356 e. The van der Waals surface area contributed by atoms with E-state index in [-0.39, 0.29) is 18.1 Å². The number of carbonyl (C=O) groups is 1. The van der Waals surface area contributed by atoms with Crippen LogP contribution in [0.25, 0.3) is 33.2 Å². The summed E-state index contributed by atoms with van der Waals surface area (Å²) in [5, 5.41) is 9.56. The van der Waals surface area contributed by atoms with E-state index in [1.165, 1.54) is 22.9 Å². The van der Waals surface area contributed by atoms with Crippen LogP contribution < -0.4 is 4.74 Å². The lowest BCUT2D eigenvalue weighted by atomic mass is 10.0. The van der Waals surface area contributed by atoms with Gasteiger partial charge >= 0.3 is 5.97 Å². The van der Waals surface area contributed by atoms with E-state index in [1.54, 1.807) is 25.1 Å². The molecule has 7 heteroatoms. The van der Waals surface area contributed by atoms with E-state index < -0.39 is 5.97 Å². The van der Waals surface area contributed by atoms with Gasteiger partial charge in [0, 0.05) is 30.1 Å². The Bertz CT molecular complexity index is 1800. The summed E-state index contributed by atoms with van der Waals surface area (Å²) < 4.78 is 26.7. The lowest BCUT2D eigenvalue weighted by Gasteiger charge is -2.10. The van der Waals surface area contributed by atoms with E-state index in [0.717, 1.165) is 33.6 Å². The first kappa shape index (κ1) is 26.1. The van der Waals surface area contributed by atoms with Crippen LogP contribution in [0.2, 0.25) is 0 Å². The van der Waals surface area contributed by atoms with Crippen molar-refractivity contribution >= 4 is 16.7 Å². The van der Waals surface area contributed by atoms with Crippen LogP contribution in [-0.2, 0) is 17.9 Å². The molecule has 0 fully saturated rings. The Morgan fingerprint density at radius 1 is 0.902 bits per heavy atom. The molecule has 6 rings (SSSR count). The number of aromatic amines is 1. The van der Waals surface area contributed by atoms with Crippen LogP contribution in [0, 0.1) is 5.82 Å². The van der Waals surface area contributed by atoms with Crippen molar-refractivity contribution in [1.29, 1.82) is 0 Å². The highest BCUT2D eigenvalue weighted by molar-refractivity contribution is 5.90. The van der Waals surface area contributed by atoms with Gasteiger partial charge < -0.3 is 14.0 Å². The van der Waals surface area contributed by atoms with Crippen molar-refractivity contribution < 1.29 is 18.7 Å². The third-order valence-corrected chi connectivity index (χ3v) is 6.95. The molecule has 0 atom stereocenters. The fourth-order valence-corrected chi connectivity index (χ4v) is 4.92. The Hall–Kier alpha value is -5.17. The number of rotatable bonds is 9. The number of carbonyl (C=O) groups excluding carboxylic acids is 1. The minimum Gasteiger partial charge on any atom is -0.489 e. The van der Waals surface area contributed by atoms with E-state index in [4.69, 9.17) is 9.47 Å². The number of esters is 1. The van der Waals surface area contributed by atoms with Gasteiger partial charge in [0.1, 0.15) is 23.9 Å². The molecule has 0 saturated carbocycles. The molecule has 2 aromatic heterocycles. The predicted molar refractivity (Wildman–Crippen MR) is 157 cm³/mol. The zero-order chi connectivity index (χ0) is 28.2. The Labute approximate surface area is 237 Å². The molecule has 6 nitrogen and oxygen atoms in total. The van der Waals surface area contributed by atoms with E-state index in [1.807, 2.05) is 59.4 Å². The summed E-state index contributed by atoms with van der Waals surface area (Å²) in [6.45, 7) is 3.05. The Balaban J connectivity index is 1.28. The first-order chi connectivity index (χ1) is 20.1. The van der Waals surface area contributed by atoms with Crippen molar-refractivity contribution in [1.82, 2.24) is 14.8 Å².